The summed E-state index contributed by atoms with van der Waals surface area (Å²) in [6.07, 6.45) is 0. The standard InChI is InChI=1S/C15H15N3O4S/c19-18(20)14-7-3-4-8-15(14)23(21,22)17-10-9-16-11-12-5-1-2-6-13(12)17/h1-8,16H,9-11H2. The van der Waals surface area contributed by atoms with E-state index >= 15 is 0 Å². The maximum Gasteiger partial charge on any atom is 0.289 e. The maximum atomic E-state index is 13.0. The second-order valence-electron chi connectivity index (χ2n) is 5.11. The van der Waals surface area contributed by atoms with Crippen molar-refractivity contribution in [2.75, 3.05) is 17.4 Å². The maximum absolute atomic E-state index is 13.0. The van der Waals surface area contributed by atoms with E-state index in [0.717, 1.165) is 5.56 Å². The molecule has 2 aromatic carbocycles. The van der Waals surface area contributed by atoms with Crippen LogP contribution in [0.15, 0.2) is 53.4 Å². The Balaban J connectivity index is 2.16. The van der Waals surface area contributed by atoms with Gasteiger partial charge >= 0.3 is 0 Å². The lowest BCUT2D eigenvalue weighted by Gasteiger charge is -2.24. The van der Waals surface area contributed by atoms with Crippen LogP contribution < -0.4 is 9.62 Å². The SMILES string of the molecule is O=[N+]([O-])c1ccccc1S(=O)(=O)N1CCNCc2ccccc21. The van der Waals surface area contributed by atoms with Crippen LogP contribution in [-0.4, -0.2) is 26.4 Å². The molecule has 0 unspecified atom stereocenters. The molecule has 23 heavy (non-hydrogen) atoms. The molecule has 0 fully saturated rings. The fourth-order valence-electron chi connectivity index (χ4n) is 2.62. The van der Waals surface area contributed by atoms with Crippen LogP contribution in [0.3, 0.4) is 0 Å². The van der Waals surface area contributed by atoms with Gasteiger partial charge in [0.15, 0.2) is 4.90 Å². The van der Waals surface area contributed by atoms with Crippen LogP contribution >= 0.6 is 0 Å². The van der Waals surface area contributed by atoms with E-state index in [2.05, 4.69) is 5.32 Å². The third kappa shape index (κ3) is 2.78. The van der Waals surface area contributed by atoms with Crippen molar-refractivity contribution in [3.8, 4) is 0 Å². The van der Waals surface area contributed by atoms with Gasteiger partial charge in [0, 0.05) is 25.7 Å². The highest BCUT2D eigenvalue weighted by atomic mass is 32.2. The number of fused-ring (bicyclic) bond motifs is 1. The van der Waals surface area contributed by atoms with Crippen molar-refractivity contribution in [1.82, 2.24) is 5.32 Å². The quantitative estimate of drug-likeness (QED) is 0.684. The Morgan fingerprint density at radius 2 is 1.78 bits per heavy atom. The van der Waals surface area contributed by atoms with Gasteiger partial charge in [0.1, 0.15) is 0 Å². The second kappa shape index (κ2) is 5.98. The second-order valence-corrected chi connectivity index (χ2v) is 6.94. The zero-order valence-corrected chi connectivity index (χ0v) is 13.0. The molecular weight excluding hydrogens is 318 g/mol. The number of para-hydroxylation sites is 2. The average molecular weight is 333 g/mol. The first kappa shape index (κ1) is 15.4. The minimum atomic E-state index is -4.02. The summed E-state index contributed by atoms with van der Waals surface area (Å²) in [5.41, 5.74) is 0.977. The number of benzene rings is 2. The van der Waals surface area contributed by atoms with Gasteiger partial charge in [-0.25, -0.2) is 8.42 Å². The molecule has 3 rings (SSSR count). The summed E-state index contributed by atoms with van der Waals surface area (Å²) in [6, 6.07) is 12.6. The summed E-state index contributed by atoms with van der Waals surface area (Å²) >= 11 is 0. The number of hydrogen-bond acceptors (Lipinski definition) is 5. The molecule has 0 amide bonds. The van der Waals surface area contributed by atoms with Crippen molar-refractivity contribution in [3.63, 3.8) is 0 Å². The molecular formula is C15H15N3O4S. The van der Waals surface area contributed by atoms with Crippen LogP contribution in [0.5, 0.6) is 0 Å². The third-order valence-electron chi connectivity index (χ3n) is 3.70. The summed E-state index contributed by atoms with van der Waals surface area (Å²) < 4.78 is 27.3. The lowest BCUT2D eigenvalue weighted by molar-refractivity contribution is -0.387. The zero-order chi connectivity index (χ0) is 16.4. The van der Waals surface area contributed by atoms with Crippen molar-refractivity contribution in [2.24, 2.45) is 0 Å². The van der Waals surface area contributed by atoms with Crippen LogP contribution in [-0.2, 0) is 16.6 Å². The molecule has 0 saturated heterocycles. The topological polar surface area (TPSA) is 92.5 Å². The van der Waals surface area contributed by atoms with Crippen molar-refractivity contribution < 1.29 is 13.3 Å². The van der Waals surface area contributed by atoms with Crippen molar-refractivity contribution in [3.05, 3.63) is 64.2 Å². The van der Waals surface area contributed by atoms with Crippen LogP contribution in [0, 0.1) is 10.1 Å². The molecule has 1 aliphatic rings. The Kier molecular flexibility index (Phi) is 4.01. The number of nitro groups is 1. The van der Waals surface area contributed by atoms with E-state index in [9.17, 15) is 18.5 Å². The highest BCUT2D eigenvalue weighted by molar-refractivity contribution is 7.93. The van der Waals surface area contributed by atoms with E-state index in [0.29, 0.717) is 18.8 Å². The summed E-state index contributed by atoms with van der Waals surface area (Å²) in [6.45, 7) is 1.24. The Labute approximate surface area is 133 Å². The van der Waals surface area contributed by atoms with Crippen LogP contribution in [0.1, 0.15) is 5.56 Å². The van der Waals surface area contributed by atoms with Crippen LogP contribution in [0.25, 0.3) is 0 Å². The van der Waals surface area contributed by atoms with E-state index in [1.807, 2.05) is 12.1 Å². The van der Waals surface area contributed by atoms with Gasteiger partial charge in [0.05, 0.1) is 10.6 Å². The summed E-state index contributed by atoms with van der Waals surface area (Å²) in [5, 5.41) is 14.3. The number of nitrogens with zero attached hydrogens (tertiary/aromatic N) is 2. The highest BCUT2D eigenvalue weighted by Gasteiger charge is 2.33. The molecule has 0 radical (unpaired) electrons. The van der Waals surface area contributed by atoms with E-state index in [4.69, 9.17) is 0 Å². The molecule has 0 aliphatic carbocycles. The first-order chi connectivity index (χ1) is 11.0. The van der Waals surface area contributed by atoms with Crippen molar-refractivity contribution in [2.45, 2.75) is 11.4 Å². The summed E-state index contributed by atoms with van der Waals surface area (Å²) in [7, 11) is -4.02. The van der Waals surface area contributed by atoms with E-state index in [1.165, 1.54) is 28.6 Å². The third-order valence-corrected chi connectivity index (χ3v) is 5.56. The van der Waals surface area contributed by atoms with E-state index in [-0.39, 0.29) is 11.4 Å². The first-order valence-corrected chi connectivity index (χ1v) is 8.50. The fourth-order valence-corrected chi connectivity index (χ4v) is 4.29. The Morgan fingerprint density at radius 3 is 2.57 bits per heavy atom. The molecule has 2 aromatic rings. The predicted octanol–water partition coefficient (Wildman–Crippen LogP) is 1.89. The number of anilines is 1. The van der Waals surface area contributed by atoms with Gasteiger partial charge < -0.3 is 5.32 Å². The van der Waals surface area contributed by atoms with Crippen molar-refractivity contribution >= 4 is 21.4 Å². The Bertz CT molecular complexity index is 851. The summed E-state index contributed by atoms with van der Waals surface area (Å²) in [4.78, 5) is 10.2. The van der Waals surface area contributed by atoms with E-state index in [1.54, 1.807) is 12.1 Å². The highest BCUT2D eigenvalue weighted by Crippen LogP contribution is 2.32. The van der Waals surface area contributed by atoms with Gasteiger partial charge in [-0.05, 0) is 17.7 Å². The van der Waals surface area contributed by atoms with Gasteiger partial charge in [-0.15, -0.1) is 0 Å². The van der Waals surface area contributed by atoms with Crippen LogP contribution in [0.4, 0.5) is 11.4 Å². The monoisotopic (exact) mass is 333 g/mol. The predicted molar refractivity (Wildman–Crippen MR) is 85.8 cm³/mol. The molecule has 0 saturated carbocycles. The molecule has 0 spiro atoms. The first-order valence-electron chi connectivity index (χ1n) is 7.06. The molecule has 120 valence electrons. The molecule has 7 nitrogen and oxygen atoms in total. The Morgan fingerprint density at radius 1 is 1.09 bits per heavy atom. The van der Waals surface area contributed by atoms with Gasteiger partial charge in [-0.1, -0.05) is 30.3 Å². The largest absolute Gasteiger partial charge is 0.311 e. The molecule has 0 atom stereocenters. The Hall–Kier alpha value is -2.45. The fraction of sp³-hybridized carbons (Fsp3) is 0.200. The number of rotatable bonds is 3. The molecule has 1 aliphatic heterocycles. The lowest BCUT2D eigenvalue weighted by atomic mass is 10.2. The van der Waals surface area contributed by atoms with Crippen molar-refractivity contribution in [1.29, 1.82) is 0 Å². The number of hydrogen-bond donors (Lipinski definition) is 1. The number of sulfonamides is 1. The molecule has 0 aromatic heterocycles. The smallest absolute Gasteiger partial charge is 0.289 e. The molecule has 1 heterocycles. The summed E-state index contributed by atoms with van der Waals surface area (Å²) in [5.74, 6) is 0. The average Bonchev–Trinajstić information content (AvgIpc) is 2.77. The lowest BCUT2D eigenvalue weighted by Crippen LogP contribution is -2.35. The normalized spacial score (nSPS) is 14.9. The van der Waals surface area contributed by atoms with Gasteiger partial charge in [0.2, 0.25) is 0 Å². The minimum absolute atomic E-state index is 0.214. The zero-order valence-electron chi connectivity index (χ0n) is 12.2. The van der Waals surface area contributed by atoms with E-state index < -0.39 is 20.6 Å². The van der Waals surface area contributed by atoms with Crippen LogP contribution in [0.2, 0.25) is 0 Å². The van der Waals surface area contributed by atoms with Gasteiger partial charge in [0.25, 0.3) is 15.7 Å². The van der Waals surface area contributed by atoms with Gasteiger partial charge in [-0.3, -0.25) is 14.4 Å². The molecule has 8 heteroatoms. The number of nitro benzene ring substituents is 1. The minimum Gasteiger partial charge on any atom is -0.311 e. The number of nitrogens with one attached hydrogen (secondary N) is 1. The van der Waals surface area contributed by atoms with Gasteiger partial charge in [-0.2, -0.15) is 0 Å². The molecule has 0 bridgehead atoms. The molecule has 1 N–H and O–H groups in total.